The maximum Gasteiger partial charge on any atom is 0.255 e. The Hall–Kier alpha value is -2.22. The number of methoxy groups -OCH3 is 1. The van der Waals surface area contributed by atoms with Gasteiger partial charge < -0.3 is 20.3 Å². The fraction of sp³-hybridized carbons (Fsp3) is 0.571. The lowest BCUT2D eigenvalue weighted by Gasteiger charge is -2.44. The van der Waals surface area contributed by atoms with Gasteiger partial charge in [0.05, 0.1) is 12.7 Å². The van der Waals surface area contributed by atoms with Crippen LogP contribution in [0, 0.1) is 5.92 Å². The first-order valence-electron chi connectivity index (χ1n) is 9.97. The molecule has 1 aromatic rings. The van der Waals surface area contributed by atoms with E-state index in [-0.39, 0.29) is 23.8 Å². The quantitative estimate of drug-likeness (QED) is 0.689. The summed E-state index contributed by atoms with van der Waals surface area (Å²) in [6.45, 7) is 4.54. The second-order valence-corrected chi connectivity index (χ2v) is 8.88. The first-order chi connectivity index (χ1) is 13.8. The van der Waals surface area contributed by atoms with Crippen molar-refractivity contribution in [2.45, 2.75) is 56.1 Å². The Morgan fingerprint density at radius 1 is 1.38 bits per heavy atom. The summed E-state index contributed by atoms with van der Waals surface area (Å²) in [4.78, 5) is 40.8. The number of rotatable bonds is 6. The molecule has 7 nitrogen and oxygen atoms in total. The highest BCUT2D eigenvalue weighted by Crippen LogP contribution is 2.27. The van der Waals surface area contributed by atoms with Crippen LogP contribution in [0.15, 0.2) is 23.1 Å². The molecule has 3 unspecified atom stereocenters. The van der Waals surface area contributed by atoms with Crippen molar-refractivity contribution >= 4 is 29.5 Å². The molecule has 2 aliphatic heterocycles. The third kappa shape index (κ3) is 4.69. The zero-order chi connectivity index (χ0) is 21.1. The van der Waals surface area contributed by atoms with E-state index >= 15 is 0 Å². The van der Waals surface area contributed by atoms with Crippen LogP contribution < -0.4 is 15.4 Å². The number of benzene rings is 1. The molecule has 3 rings (SSSR count). The molecule has 0 spiro atoms. The summed E-state index contributed by atoms with van der Waals surface area (Å²) in [5.41, 5.74) is 0.467. The average Bonchev–Trinajstić information content (AvgIpc) is 2.70. The van der Waals surface area contributed by atoms with Crippen LogP contribution in [-0.4, -0.2) is 60.7 Å². The smallest absolute Gasteiger partial charge is 0.255 e. The molecule has 0 bridgehead atoms. The number of piperazine rings is 1. The molecule has 0 aromatic heterocycles. The van der Waals surface area contributed by atoms with Gasteiger partial charge in [0.1, 0.15) is 17.8 Å². The van der Waals surface area contributed by atoms with Crippen molar-refractivity contribution in [1.29, 1.82) is 0 Å². The lowest BCUT2D eigenvalue weighted by Crippen LogP contribution is -2.67. The van der Waals surface area contributed by atoms with E-state index in [9.17, 15) is 14.4 Å². The first kappa shape index (κ1) is 21.5. The molecule has 3 amide bonds. The van der Waals surface area contributed by atoms with Crippen molar-refractivity contribution in [1.82, 2.24) is 15.5 Å². The Labute approximate surface area is 175 Å². The summed E-state index contributed by atoms with van der Waals surface area (Å²) in [7, 11) is 1.54. The highest BCUT2D eigenvalue weighted by molar-refractivity contribution is 7.98. The molecule has 2 saturated heterocycles. The van der Waals surface area contributed by atoms with Crippen LogP contribution in [0.25, 0.3) is 0 Å². The topological polar surface area (TPSA) is 87.7 Å². The number of hydrogen-bond acceptors (Lipinski definition) is 5. The van der Waals surface area contributed by atoms with E-state index in [1.807, 2.05) is 32.2 Å². The van der Waals surface area contributed by atoms with Gasteiger partial charge in [0.15, 0.2) is 0 Å². The Kier molecular flexibility index (Phi) is 6.72. The number of thioether (sulfide) groups is 1. The minimum atomic E-state index is -0.522. The molecule has 8 heteroatoms. The standard InChI is InChI=1S/C21H29N3O4S/c1-12(2)9-16-21(27)24-8-7-13(10-17(24)20(26)23-16)22-19(25)15-6-5-14(29-4)11-18(15)28-3/h5-6,11-13,16-17H,7-10H2,1-4H3,(H,22,25)(H,23,26). The second kappa shape index (κ2) is 9.07. The summed E-state index contributed by atoms with van der Waals surface area (Å²) in [5.74, 6) is 0.477. The van der Waals surface area contributed by atoms with Gasteiger partial charge in [-0.3, -0.25) is 14.4 Å². The highest BCUT2D eigenvalue weighted by Gasteiger charge is 2.44. The van der Waals surface area contributed by atoms with Gasteiger partial charge in [-0.15, -0.1) is 11.8 Å². The fourth-order valence-electron chi connectivity index (χ4n) is 4.02. The number of ether oxygens (including phenoxy) is 1. The SMILES string of the molecule is COc1cc(SC)ccc1C(=O)NC1CCN2C(=O)C(CC(C)C)NC(=O)C2C1. The van der Waals surface area contributed by atoms with Gasteiger partial charge in [-0.05, 0) is 49.6 Å². The molecular formula is C21H29N3O4S. The van der Waals surface area contributed by atoms with Crippen LogP contribution in [0.4, 0.5) is 0 Å². The molecule has 2 heterocycles. The van der Waals surface area contributed by atoms with Crippen LogP contribution in [0.1, 0.15) is 43.5 Å². The van der Waals surface area contributed by atoms with E-state index < -0.39 is 12.1 Å². The molecule has 0 saturated carbocycles. The second-order valence-electron chi connectivity index (χ2n) is 8.00. The molecule has 2 N–H and O–H groups in total. The zero-order valence-electron chi connectivity index (χ0n) is 17.4. The zero-order valence-corrected chi connectivity index (χ0v) is 18.2. The van der Waals surface area contributed by atoms with E-state index in [4.69, 9.17) is 4.74 Å². The lowest BCUT2D eigenvalue weighted by atomic mass is 9.91. The number of amides is 3. The number of carbonyl (C=O) groups is 3. The minimum absolute atomic E-state index is 0.0117. The van der Waals surface area contributed by atoms with Crippen LogP contribution in [-0.2, 0) is 9.59 Å². The maximum absolute atomic E-state index is 12.8. The summed E-state index contributed by atoms with van der Waals surface area (Å²) < 4.78 is 5.37. The van der Waals surface area contributed by atoms with Crippen LogP contribution in [0.5, 0.6) is 5.75 Å². The predicted octanol–water partition coefficient (Wildman–Crippen LogP) is 2.05. The molecule has 2 fully saturated rings. The summed E-state index contributed by atoms with van der Waals surface area (Å²) >= 11 is 1.58. The van der Waals surface area contributed by atoms with E-state index in [0.717, 1.165) is 4.90 Å². The Bertz CT molecular complexity index is 798. The molecule has 0 radical (unpaired) electrons. The monoisotopic (exact) mass is 419 g/mol. The number of hydrogen-bond donors (Lipinski definition) is 2. The number of carbonyl (C=O) groups excluding carboxylic acids is 3. The van der Waals surface area contributed by atoms with Gasteiger partial charge in [0, 0.05) is 17.5 Å². The Balaban J connectivity index is 1.66. The van der Waals surface area contributed by atoms with Crippen molar-refractivity contribution in [2.24, 2.45) is 5.92 Å². The van der Waals surface area contributed by atoms with E-state index in [1.54, 1.807) is 29.8 Å². The van der Waals surface area contributed by atoms with Crippen LogP contribution in [0.3, 0.4) is 0 Å². The molecule has 0 aliphatic carbocycles. The fourth-order valence-corrected chi connectivity index (χ4v) is 4.45. The van der Waals surface area contributed by atoms with Crippen molar-refractivity contribution in [2.75, 3.05) is 19.9 Å². The highest BCUT2D eigenvalue weighted by atomic mass is 32.2. The van der Waals surface area contributed by atoms with Gasteiger partial charge >= 0.3 is 0 Å². The average molecular weight is 420 g/mol. The van der Waals surface area contributed by atoms with Crippen molar-refractivity contribution in [3.63, 3.8) is 0 Å². The van der Waals surface area contributed by atoms with Crippen molar-refractivity contribution in [3.05, 3.63) is 23.8 Å². The number of piperidine rings is 1. The van der Waals surface area contributed by atoms with Gasteiger partial charge in [0.25, 0.3) is 5.91 Å². The summed E-state index contributed by atoms with van der Waals surface area (Å²) in [6.07, 6.45) is 3.65. The van der Waals surface area contributed by atoms with Gasteiger partial charge in [-0.1, -0.05) is 13.8 Å². The molecular weight excluding hydrogens is 390 g/mol. The van der Waals surface area contributed by atoms with E-state index in [0.29, 0.717) is 43.0 Å². The van der Waals surface area contributed by atoms with Gasteiger partial charge in [-0.2, -0.15) is 0 Å². The molecule has 2 aliphatic rings. The lowest BCUT2D eigenvalue weighted by molar-refractivity contribution is -0.152. The molecule has 1 aromatic carbocycles. The largest absolute Gasteiger partial charge is 0.496 e. The summed E-state index contributed by atoms with van der Waals surface area (Å²) in [5, 5.41) is 5.88. The number of nitrogens with one attached hydrogen (secondary N) is 2. The van der Waals surface area contributed by atoms with Gasteiger partial charge in [0.2, 0.25) is 11.8 Å². The third-order valence-corrected chi connectivity index (χ3v) is 6.22. The van der Waals surface area contributed by atoms with Gasteiger partial charge in [-0.25, -0.2) is 0 Å². The molecule has 29 heavy (non-hydrogen) atoms. The van der Waals surface area contributed by atoms with Crippen LogP contribution >= 0.6 is 11.8 Å². The molecule has 3 atom stereocenters. The van der Waals surface area contributed by atoms with Crippen LogP contribution in [0.2, 0.25) is 0 Å². The van der Waals surface area contributed by atoms with E-state index in [1.165, 1.54) is 0 Å². The van der Waals surface area contributed by atoms with Crippen molar-refractivity contribution < 1.29 is 19.1 Å². The summed E-state index contributed by atoms with van der Waals surface area (Å²) in [6, 6.07) is 4.34. The normalized spacial score (nSPS) is 24.2. The predicted molar refractivity (Wildman–Crippen MR) is 112 cm³/mol. The Morgan fingerprint density at radius 3 is 2.79 bits per heavy atom. The maximum atomic E-state index is 12.8. The number of nitrogens with zero attached hydrogens (tertiary/aromatic N) is 1. The number of fused-ring (bicyclic) bond motifs is 1. The van der Waals surface area contributed by atoms with E-state index in [2.05, 4.69) is 10.6 Å². The first-order valence-corrected chi connectivity index (χ1v) is 11.2. The minimum Gasteiger partial charge on any atom is -0.496 e. The Morgan fingerprint density at radius 2 is 2.14 bits per heavy atom. The molecule has 158 valence electrons. The van der Waals surface area contributed by atoms with Crippen molar-refractivity contribution in [3.8, 4) is 5.75 Å². The third-order valence-electron chi connectivity index (χ3n) is 5.50.